The van der Waals surface area contributed by atoms with E-state index < -0.39 is 38.9 Å². The summed E-state index contributed by atoms with van der Waals surface area (Å²) in [6, 6.07) is 23.7. The third kappa shape index (κ3) is 7.56. The summed E-state index contributed by atoms with van der Waals surface area (Å²) in [5.74, 6) is -2.56. The van der Waals surface area contributed by atoms with Crippen LogP contribution in [0.15, 0.2) is 122 Å². The molecule has 0 unspecified atom stereocenters. The Morgan fingerprint density at radius 3 is 1.57 bits per heavy atom. The Morgan fingerprint density at radius 2 is 1.17 bits per heavy atom. The van der Waals surface area contributed by atoms with Crippen LogP contribution < -0.4 is 4.90 Å². The highest BCUT2D eigenvalue weighted by Gasteiger charge is 2.37. The number of anilines is 1. The van der Waals surface area contributed by atoms with E-state index in [1.54, 1.807) is 47.5 Å². The number of nitro benzene ring substituents is 2. The molecule has 0 N–H and O–H groups in total. The lowest BCUT2D eigenvalue weighted by Gasteiger charge is -2.19. The molecule has 7 rings (SSSR count). The molecule has 58 heavy (non-hydrogen) atoms. The van der Waals surface area contributed by atoms with E-state index in [0.29, 0.717) is 26.3 Å². The lowest BCUT2D eigenvalue weighted by Crippen LogP contribution is -2.37. The maximum absolute atomic E-state index is 14.8. The van der Waals surface area contributed by atoms with Crippen LogP contribution in [0.3, 0.4) is 0 Å². The predicted octanol–water partition coefficient (Wildman–Crippen LogP) is 7.97. The normalized spacial score (nSPS) is 10.9. The minimum absolute atomic E-state index is 0.126. The van der Waals surface area contributed by atoms with E-state index >= 15 is 0 Å². The second-order valence-electron chi connectivity index (χ2n) is 12.8. The smallest absolute Gasteiger partial charge is 0.284 e. The Hall–Kier alpha value is -7.43. The maximum Gasteiger partial charge on any atom is 0.284 e. The summed E-state index contributed by atoms with van der Waals surface area (Å²) < 4.78 is 9.53. The van der Waals surface area contributed by atoms with E-state index in [2.05, 4.69) is 26.5 Å². The van der Waals surface area contributed by atoms with E-state index in [9.17, 15) is 35.1 Å². The highest BCUT2D eigenvalue weighted by Crippen LogP contribution is 2.45. The number of nitrogens with zero attached hydrogens (tertiary/aromatic N) is 10. The number of benzene rings is 4. The van der Waals surface area contributed by atoms with Crippen molar-refractivity contribution in [2.75, 3.05) is 4.90 Å². The summed E-state index contributed by atoms with van der Waals surface area (Å²) in [4.78, 5) is 53.9. The summed E-state index contributed by atoms with van der Waals surface area (Å²) in [7, 11) is 3.32. The molecular weight excluding hydrogens is 785 g/mol. The van der Waals surface area contributed by atoms with Crippen LogP contribution in [0.2, 0.25) is 0 Å². The van der Waals surface area contributed by atoms with Crippen molar-refractivity contribution < 1.29 is 23.9 Å². The van der Waals surface area contributed by atoms with Crippen molar-refractivity contribution in [3.63, 3.8) is 0 Å². The Bertz CT molecular complexity index is 2690. The molecule has 0 aliphatic heterocycles. The molecule has 288 valence electrons. The summed E-state index contributed by atoms with van der Waals surface area (Å²) >= 11 is 1.88. The first-order chi connectivity index (χ1) is 27.8. The minimum atomic E-state index is -1.11. The lowest BCUT2D eigenvalue weighted by atomic mass is 9.97. The zero-order valence-corrected chi connectivity index (χ0v) is 32.5. The number of nitro groups is 2. The average molecular weight is 813 g/mol. The zero-order chi connectivity index (χ0) is 41.2. The molecule has 0 fully saturated rings. The average Bonchev–Trinajstić information content (AvgIpc) is 3.93. The van der Waals surface area contributed by atoms with Gasteiger partial charge < -0.3 is 13.6 Å². The third-order valence-electron chi connectivity index (χ3n) is 8.81. The SMILES string of the molecule is Cc1ccc(-c2oc(N(C(=O)c3ccc(Sc4nncn4C)c([N+](=O)[O-])c3)C(=O)c3ccc(Sc4nncn4C)c([N+](=O)[O-])c3)c(C#N)c2-c2ccc(C)cc2)cc1. The molecule has 0 aliphatic carbocycles. The molecule has 0 atom stereocenters. The molecule has 3 heterocycles. The Labute approximate surface area is 337 Å². The number of furan rings is 1. The predicted molar refractivity (Wildman–Crippen MR) is 211 cm³/mol. The van der Waals surface area contributed by atoms with Gasteiger partial charge >= 0.3 is 0 Å². The van der Waals surface area contributed by atoms with Crippen LogP contribution in [-0.4, -0.2) is 51.2 Å². The number of carbonyl (C=O) groups is 2. The molecule has 3 aromatic heterocycles. The summed E-state index contributed by atoms with van der Waals surface area (Å²) in [5, 5.41) is 51.8. The number of nitriles is 1. The van der Waals surface area contributed by atoms with Crippen LogP contribution >= 0.6 is 23.5 Å². The molecule has 0 aliphatic rings. The second-order valence-corrected chi connectivity index (χ2v) is 14.8. The monoisotopic (exact) mass is 812 g/mol. The van der Waals surface area contributed by atoms with Gasteiger partial charge in [0.1, 0.15) is 30.0 Å². The standard InChI is InChI=1S/C39H28N10O7S2/c1-22-5-9-24(10-6-22)33-28(19-40)37(56-34(33)25-11-7-23(2)8-12-25)47(35(50)26-13-15-31(29(17-26)48(52)53)57-38-43-41-20-45(38)3)36(51)27-14-16-32(30(18-27)49(54)55)58-39-44-42-21-46(39)4/h5-18,20-21H,1-4H3. The van der Waals surface area contributed by atoms with Gasteiger partial charge in [0.25, 0.3) is 23.2 Å². The topological polar surface area (TPSA) is 222 Å². The molecule has 7 aromatic rings. The molecule has 0 bridgehead atoms. The molecule has 2 amide bonds. The fourth-order valence-electron chi connectivity index (χ4n) is 5.80. The Kier molecular flexibility index (Phi) is 10.7. The van der Waals surface area contributed by atoms with E-state index in [4.69, 9.17) is 4.42 Å². The number of aryl methyl sites for hydroxylation is 4. The summed E-state index contributed by atoms with van der Waals surface area (Å²) in [5.41, 5.74) is 1.40. The van der Waals surface area contributed by atoms with Crippen molar-refractivity contribution in [3.8, 4) is 28.5 Å². The molecule has 0 radical (unpaired) electrons. The summed E-state index contributed by atoms with van der Waals surface area (Å²) in [6.45, 7) is 3.78. The fraction of sp³-hybridized carbons (Fsp3) is 0.103. The van der Waals surface area contributed by atoms with Crippen LogP contribution in [0, 0.1) is 45.4 Å². The molecule has 0 saturated carbocycles. The quantitative estimate of drug-likeness (QED) is 0.0687. The number of rotatable bonds is 11. The van der Waals surface area contributed by atoms with Gasteiger partial charge in [0.05, 0.1) is 19.6 Å². The van der Waals surface area contributed by atoms with Crippen molar-refractivity contribution >= 4 is 52.6 Å². The van der Waals surface area contributed by atoms with Crippen molar-refractivity contribution in [1.82, 2.24) is 29.5 Å². The first kappa shape index (κ1) is 38.8. The molecule has 0 saturated heterocycles. The molecule has 17 nitrogen and oxygen atoms in total. The van der Waals surface area contributed by atoms with E-state index in [1.807, 2.05) is 38.1 Å². The fourth-order valence-corrected chi connectivity index (χ4v) is 7.50. The number of hydrogen-bond donors (Lipinski definition) is 0. The van der Waals surface area contributed by atoms with Crippen LogP contribution in [0.25, 0.3) is 22.5 Å². The van der Waals surface area contributed by atoms with Gasteiger partial charge in [-0.15, -0.1) is 20.4 Å². The maximum atomic E-state index is 14.8. The second kappa shape index (κ2) is 16.0. The van der Waals surface area contributed by atoms with Gasteiger partial charge in [0.2, 0.25) is 5.88 Å². The number of amides is 2. The minimum Gasteiger partial charge on any atom is -0.437 e. The van der Waals surface area contributed by atoms with Crippen LogP contribution in [0.1, 0.15) is 37.4 Å². The lowest BCUT2D eigenvalue weighted by molar-refractivity contribution is -0.387. The van der Waals surface area contributed by atoms with E-state index in [-0.39, 0.29) is 37.8 Å². The molecule has 0 spiro atoms. The number of aromatic nitrogens is 6. The molecule has 19 heteroatoms. The number of carbonyl (C=O) groups excluding carboxylic acids is 2. The van der Waals surface area contributed by atoms with Crippen molar-refractivity contribution in [1.29, 1.82) is 5.26 Å². The largest absolute Gasteiger partial charge is 0.437 e. The highest BCUT2D eigenvalue weighted by atomic mass is 32.2. The van der Waals surface area contributed by atoms with Gasteiger partial charge in [0.15, 0.2) is 10.3 Å². The van der Waals surface area contributed by atoms with Crippen LogP contribution in [-0.2, 0) is 14.1 Å². The first-order valence-electron chi connectivity index (χ1n) is 17.0. The Morgan fingerprint density at radius 1 is 0.724 bits per heavy atom. The molecular formula is C39H28N10O7S2. The summed E-state index contributed by atoms with van der Waals surface area (Å²) in [6.07, 6.45) is 2.85. The Balaban J connectivity index is 1.43. The molecule has 4 aromatic carbocycles. The van der Waals surface area contributed by atoms with E-state index in [1.165, 1.54) is 36.9 Å². The zero-order valence-electron chi connectivity index (χ0n) is 30.9. The van der Waals surface area contributed by atoms with Gasteiger partial charge in [-0.2, -0.15) is 5.26 Å². The van der Waals surface area contributed by atoms with Gasteiger partial charge in [-0.05, 0) is 67.2 Å². The van der Waals surface area contributed by atoms with Crippen molar-refractivity contribution in [3.05, 3.63) is 146 Å². The van der Waals surface area contributed by atoms with E-state index in [0.717, 1.165) is 46.8 Å². The third-order valence-corrected chi connectivity index (χ3v) is 11.0. The highest BCUT2D eigenvalue weighted by molar-refractivity contribution is 7.99. The van der Waals surface area contributed by atoms with Crippen molar-refractivity contribution in [2.24, 2.45) is 14.1 Å². The number of imide groups is 1. The van der Waals surface area contributed by atoms with Gasteiger partial charge in [-0.3, -0.25) is 29.8 Å². The van der Waals surface area contributed by atoms with Crippen LogP contribution in [0.4, 0.5) is 17.3 Å². The first-order valence-corrected chi connectivity index (χ1v) is 18.7. The van der Waals surface area contributed by atoms with Gasteiger partial charge in [-0.1, -0.05) is 59.7 Å². The van der Waals surface area contributed by atoms with Gasteiger partial charge in [-0.25, -0.2) is 4.90 Å². The van der Waals surface area contributed by atoms with Gasteiger partial charge in [0, 0.05) is 48.5 Å². The van der Waals surface area contributed by atoms with Crippen LogP contribution in [0.5, 0.6) is 0 Å². The van der Waals surface area contributed by atoms with Crippen molar-refractivity contribution in [2.45, 2.75) is 34.0 Å². The number of hydrogen-bond acceptors (Lipinski definition) is 14.